The molecule has 0 bridgehead atoms. The van der Waals surface area contributed by atoms with Crippen molar-refractivity contribution in [2.75, 3.05) is 14.2 Å². The first kappa shape index (κ1) is 15.9. The molecule has 0 spiro atoms. The molecule has 0 saturated heterocycles. The molecule has 5 heteroatoms. The number of nitrogens with two attached hydrogens (primary N) is 1. The van der Waals surface area contributed by atoms with Crippen LogP contribution in [0.1, 0.15) is 37.3 Å². The lowest BCUT2D eigenvalue weighted by molar-refractivity contribution is 0.351. The van der Waals surface area contributed by atoms with Gasteiger partial charge in [-0.05, 0) is 18.8 Å². The summed E-state index contributed by atoms with van der Waals surface area (Å²) in [6.45, 7) is 0. The molecule has 19 heavy (non-hydrogen) atoms. The van der Waals surface area contributed by atoms with Crippen molar-refractivity contribution < 1.29 is 14.6 Å². The molecule has 1 saturated carbocycles. The second-order valence-electron chi connectivity index (χ2n) is 4.83. The highest BCUT2D eigenvalue weighted by atomic mass is 35.5. The van der Waals surface area contributed by atoms with Gasteiger partial charge in [0.25, 0.3) is 0 Å². The van der Waals surface area contributed by atoms with E-state index in [0.717, 1.165) is 18.4 Å². The molecule has 108 valence electrons. The van der Waals surface area contributed by atoms with Gasteiger partial charge in [-0.1, -0.05) is 12.8 Å². The summed E-state index contributed by atoms with van der Waals surface area (Å²) < 4.78 is 10.7. The normalized spacial score (nSPS) is 16.8. The van der Waals surface area contributed by atoms with E-state index in [2.05, 4.69) is 0 Å². The molecule has 1 aromatic rings. The van der Waals surface area contributed by atoms with Gasteiger partial charge in [-0.2, -0.15) is 0 Å². The number of phenols is 1. The summed E-state index contributed by atoms with van der Waals surface area (Å²) >= 11 is 0. The van der Waals surface area contributed by atoms with Crippen LogP contribution >= 0.6 is 12.4 Å². The van der Waals surface area contributed by atoms with Crippen molar-refractivity contribution in [2.24, 2.45) is 11.7 Å². The Morgan fingerprint density at radius 2 is 1.63 bits per heavy atom. The number of benzene rings is 1. The van der Waals surface area contributed by atoms with E-state index >= 15 is 0 Å². The Balaban J connectivity index is 0.00000180. The molecule has 0 aliphatic heterocycles. The third-order valence-corrected chi connectivity index (χ3v) is 3.77. The maximum atomic E-state index is 9.63. The highest BCUT2D eigenvalue weighted by Gasteiger charge is 2.28. The third kappa shape index (κ3) is 3.25. The van der Waals surface area contributed by atoms with Crippen LogP contribution < -0.4 is 15.2 Å². The van der Waals surface area contributed by atoms with Crippen LogP contribution in [0, 0.1) is 5.92 Å². The zero-order chi connectivity index (χ0) is 13.1. The van der Waals surface area contributed by atoms with Crippen molar-refractivity contribution in [1.29, 1.82) is 0 Å². The van der Waals surface area contributed by atoms with Gasteiger partial charge in [-0.3, -0.25) is 0 Å². The molecular weight excluding hydrogens is 266 g/mol. The minimum atomic E-state index is -0.0991. The fraction of sp³-hybridized carbons (Fsp3) is 0.571. The molecule has 0 heterocycles. The van der Waals surface area contributed by atoms with Crippen molar-refractivity contribution in [3.63, 3.8) is 0 Å². The zero-order valence-electron chi connectivity index (χ0n) is 11.4. The number of aromatic hydroxyl groups is 1. The van der Waals surface area contributed by atoms with E-state index in [4.69, 9.17) is 15.2 Å². The molecule has 0 amide bonds. The lowest BCUT2D eigenvalue weighted by Crippen LogP contribution is -2.20. The Labute approximate surface area is 120 Å². The summed E-state index contributed by atoms with van der Waals surface area (Å²) in [5.74, 6) is 1.81. The molecular formula is C14H22ClNO3. The quantitative estimate of drug-likeness (QED) is 0.893. The number of halogens is 1. The van der Waals surface area contributed by atoms with Gasteiger partial charge in [0, 0.05) is 18.2 Å². The summed E-state index contributed by atoms with van der Waals surface area (Å²) in [6, 6.07) is 3.08. The van der Waals surface area contributed by atoms with Crippen LogP contribution in [0.4, 0.5) is 0 Å². The lowest BCUT2D eigenvalue weighted by Gasteiger charge is -2.23. The molecule has 1 aliphatic carbocycles. The number of hydrogen-bond donors (Lipinski definition) is 2. The van der Waals surface area contributed by atoms with E-state index in [1.165, 1.54) is 12.8 Å². The second-order valence-corrected chi connectivity index (χ2v) is 4.83. The summed E-state index contributed by atoms with van der Waals surface area (Å²) in [5, 5.41) is 9.63. The van der Waals surface area contributed by atoms with Gasteiger partial charge in [0.15, 0.2) is 0 Å². The van der Waals surface area contributed by atoms with Gasteiger partial charge >= 0.3 is 0 Å². The minimum absolute atomic E-state index is 0. The fourth-order valence-electron chi connectivity index (χ4n) is 2.81. The van der Waals surface area contributed by atoms with Crippen molar-refractivity contribution >= 4 is 12.4 Å². The van der Waals surface area contributed by atoms with Crippen LogP contribution in [0.5, 0.6) is 17.2 Å². The van der Waals surface area contributed by atoms with Crippen LogP contribution in [0.3, 0.4) is 0 Å². The molecule has 0 radical (unpaired) electrons. The van der Waals surface area contributed by atoms with E-state index in [0.29, 0.717) is 17.4 Å². The Morgan fingerprint density at radius 3 is 2.05 bits per heavy atom. The minimum Gasteiger partial charge on any atom is -0.508 e. The predicted molar refractivity (Wildman–Crippen MR) is 77.3 cm³/mol. The molecule has 1 fully saturated rings. The van der Waals surface area contributed by atoms with Crippen LogP contribution in [0.25, 0.3) is 0 Å². The van der Waals surface area contributed by atoms with E-state index in [-0.39, 0.29) is 24.2 Å². The molecule has 2 rings (SSSR count). The van der Waals surface area contributed by atoms with E-state index in [1.807, 2.05) is 0 Å². The van der Waals surface area contributed by atoms with E-state index in [9.17, 15) is 5.11 Å². The fourth-order valence-corrected chi connectivity index (χ4v) is 2.81. The highest BCUT2D eigenvalue weighted by Crippen LogP contribution is 2.43. The summed E-state index contributed by atoms with van der Waals surface area (Å²) in [7, 11) is 3.16. The first-order chi connectivity index (χ1) is 8.67. The molecule has 4 nitrogen and oxygen atoms in total. The smallest absolute Gasteiger partial charge is 0.131 e. The molecule has 3 N–H and O–H groups in total. The molecule has 1 aliphatic rings. The lowest BCUT2D eigenvalue weighted by atomic mass is 9.91. The first-order valence-electron chi connectivity index (χ1n) is 6.37. The second kappa shape index (κ2) is 6.87. The number of hydrogen-bond acceptors (Lipinski definition) is 4. The van der Waals surface area contributed by atoms with Gasteiger partial charge in [0.05, 0.1) is 19.8 Å². The molecule has 1 atom stereocenters. The summed E-state index contributed by atoms with van der Waals surface area (Å²) in [4.78, 5) is 0. The van der Waals surface area contributed by atoms with Crippen LogP contribution in [0.2, 0.25) is 0 Å². The van der Waals surface area contributed by atoms with Crippen LogP contribution in [0.15, 0.2) is 12.1 Å². The Kier molecular flexibility index (Phi) is 5.76. The Hall–Kier alpha value is -1.13. The highest BCUT2D eigenvalue weighted by molar-refractivity contribution is 5.85. The standard InChI is InChI=1S/C14H21NO3.ClH/c1-17-11-7-10(16)8-12(18-2)13(11)14(15)9-5-3-4-6-9;/h7-9,14,16H,3-6,15H2,1-2H3;1H/t14-;/m0./s1. The van der Waals surface area contributed by atoms with Crippen LogP contribution in [-0.2, 0) is 0 Å². The van der Waals surface area contributed by atoms with Crippen molar-refractivity contribution in [2.45, 2.75) is 31.7 Å². The van der Waals surface area contributed by atoms with Gasteiger partial charge in [-0.25, -0.2) is 0 Å². The summed E-state index contributed by atoms with van der Waals surface area (Å²) in [5.41, 5.74) is 7.23. The summed E-state index contributed by atoms with van der Waals surface area (Å²) in [6.07, 6.45) is 4.77. The van der Waals surface area contributed by atoms with Gasteiger partial charge in [-0.15, -0.1) is 12.4 Å². The number of phenolic OH excluding ortho intramolecular Hbond substituents is 1. The Bertz CT molecular complexity index is 394. The average Bonchev–Trinajstić information content (AvgIpc) is 2.90. The zero-order valence-corrected chi connectivity index (χ0v) is 12.2. The van der Waals surface area contributed by atoms with Gasteiger partial charge < -0.3 is 20.3 Å². The van der Waals surface area contributed by atoms with Crippen LogP contribution in [-0.4, -0.2) is 19.3 Å². The molecule has 1 aromatic carbocycles. The SMILES string of the molecule is COc1cc(O)cc(OC)c1[C@@H](N)C1CCCC1.Cl. The number of methoxy groups -OCH3 is 2. The number of ether oxygens (including phenoxy) is 2. The maximum Gasteiger partial charge on any atom is 0.131 e. The Morgan fingerprint density at radius 1 is 1.16 bits per heavy atom. The monoisotopic (exact) mass is 287 g/mol. The number of rotatable bonds is 4. The van der Waals surface area contributed by atoms with E-state index in [1.54, 1.807) is 26.4 Å². The molecule has 0 aromatic heterocycles. The van der Waals surface area contributed by atoms with Crippen molar-refractivity contribution in [3.8, 4) is 17.2 Å². The van der Waals surface area contributed by atoms with Gasteiger partial charge in [0.2, 0.25) is 0 Å². The molecule has 0 unspecified atom stereocenters. The van der Waals surface area contributed by atoms with Gasteiger partial charge in [0.1, 0.15) is 17.2 Å². The average molecular weight is 288 g/mol. The van der Waals surface area contributed by atoms with Crippen molar-refractivity contribution in [3.05, 3.63) is 17.7 Å². The first-order valence-corrected chi connectivity index (χ1v) is 6.37. The maximum absolute atomic E-state index is 9.63. The largest absolute Gasteiger partial charge is 0.508 e. The third-order valence-electron chi connectivity index (χ3n) is 3.77. The van der Waals surface area contributed by atoms with Crippen molar-refractivity contribution in [1.82, 2.24) is 0 Å². The predicted octanol–water partition coefficient (Wildman–Crippen LogP) is 3.02. The van der Waals surface area contributed by atoms with E-state index < -0.39 is 0 Å². The topological polar surface area (TPSA) is 64.7 Å².